The lowest BCUT2D eigenvalue weighted by atomic mass is 9.85. The Balaban J connectivity index is 3.61. The summed E-state index contributed by atoms with van der Waals surface area (Å²) in [5.74, 6) is -1.01. The maximum absolute atomic E-state index is 11.6. The zero-order valence-electron chi connectivity index (χ0n) is 12.0. The molecule has 1 amide bonds. The summed E-state index contributed by atoms with van der Waals surface area (Å²) in [4.78, 5) is 22.2. The molecular formula is C13H25NO5. The predicted octanol–water partition coefficient (Wildman–Crippen LogP) is 1.05. The number of carboxylic acids is 1. The standard InChI is InChI=1S/C13H25NO5/c1-13(2,10-12(16)17)9-11(15)14-5-4-6-19-8-7-18-3/h4-10H2,1-3H3,(H,14,15)(H,16,17). The van der Waals surface area contributed by atoms with E-state index in [-0.39, 0.29) is 18.7 Å². The van der Waals surface area contributed by atoms with Crippen molar-refractivity contribution in [3.63, 3.8) is 0 Å². The minimum Gasteiger partial charge on any atom is -0.481 e. The molecule has 6 nitrogen and oxygen atoms in total. The Morgan fingerprint density at radius 3 is 2.42 bits per heavy atom. The van der Waals surface area contributed by atoms with E-state index in [9.17, 15) is 9.59 Å². The Morgan fingerprint density at radius 1 is 1.16 bits per heavy atom. The van der Waals surface area contributed by atoms with Gasteiger partial charge in [-0.1, -0.05) is 13.8 Å². The first-order valence-corrected chi connectivity index (χ1v) is 6.42. The smallest absolute Gasteiger partial charge is 0.303 e. The lowest BCUT2D eigenvalue weighted by Gasteiger charge is -2.21. The van der Waals surface area contributed by atoms with E-state index in [2.05, 4.69) is 5.32 Å². The molecule has 19 heavy (non-hydrogen) atoms. The molecule has 0 aromatic carbocycles. The minimum atomic E-state index is -0.885. The average molecular weight is 275 g/mol. The molecular weight excluding hydrogens is 250 g/mol. The van der Waals surface area contributed by atoms with E-state index in [0.717, 1.165) is 6.42 Å². The number of hydrogen-bond donors (Lipinski definition) is 2. The van der Waals surface area contributed by atoms with Gasteiger partial charge in [0, 0.05) is 26.7 Å². The molecule has 0 heterocycles. The molecule has 0 rings (SSSR count). The Hall–Kier alpha value is -1.14. The molecule has 6 heteroatoms. The molecule has 0 aliphatic heterocycles. The highest BCUT2D eigenvalue weighted by Gasteiger charge is 2.24. The third kappa shape index (κ3) is 11.7. The second kappa shape index (κ2) is 9.75. The van der Waals surface area contributed by atoms with E-state index in [1.54, 1.807) is 21.0 Å². The van der Waals surface area contributed by atoms with Crippen LogP contribution in [0.15, 0.2) is 0 Å². The van der Waals surface area contributed by atoms with Crippen molar-refractivity contribution in [3.8, 4) is 0 Å². The van der Waals surface area contributed by atoms with Crippen LogP contribution in [0.2, 0.25) is 0 Å². The highest BCUT2D eigenvalue weighted by molar-refractivity contribution is 5.77. The summed E-state index contributed by atoms with van der Waals surface area (Å²) < 4.78 is 10.1. The molecule has 2 N–H and O–H groups in total. The van der Waals surface area contributed by atoms with Gasteiger partial charge in [0.05, 0.1) is 19.6 Å². The van der Waals surface area contributed by atoms with Crippen molar-refractivity contribution in [2.45, 2.75) is 33.1 Å². The molecule has 0 aliphatic rings. The third-order valence-electron chi connectivity index (χ3n) is 2.49. The van der Waals surface area contributed by atoms with Gasteiger partial charge in [-0.3, -0.25) is 9.59 Å². The molecule has 112 valence electrons. The van der Waals surface area contributed by atoms with Crippen LogP contribution >= 0.6 is 0 Å². The van der Waals surface area contributed by atoms with Crippen LogP contribution in [-0.4, -0.2) is 50.5 Å². The largest absolute Gasteiger partial charge is 0.481 e. The monoisotopic (exact) mass is 275 g/mol. The van der Waals surface area contributed by atoms with Crippen LogP contribution in [0.25, 0.3) is 0 Å². The van der Waals surface area contributed by atoms with Crippen molar-refractivity contribution < 1.29 is 24.2 Å². The Kier molecular flexibility index (Phi) is 9.16. The van der Waals surface area contributed by atoms with E-state index in [1.807, 2.05) is 0 Å². The fraction of sp³-hybridized carbons (Fsp3) is 0.846. The van der Waals surface area contributed by atoms with E-state index < -0.39 is 11.4 Å². The normalized spacial score (nSPS) is 11.3. The van der Waals surface area contributed by atoms with E-state index in [4.69, 9.17) is 14.6 Å². The van der Waals surface area contributed by atoms with E-state index >= 15 is 0 Å². The number of amides is 1. The molecule has 0 saturated carbocycles. The highest BCUT2D eigenvalue weighted by atomic mass is 16.5. The molecule has 0 atom stereocenters. The van der Waals surface area contributed by atoms with Crippen molar-refractivity contribution in [2.75, 3.05) is 33.5 Å². The van der Waals surface area contributed by atoms with Gasteiger partial charge < -0.3 is 19.9 Å². The first kappa shape index (κ1) is 17.9. The average Bonchev–Trinajstić information content (AvgIpc) is 2.25. The second-order valence-electron chi connectivity index (χ2n) is 5.22. The fourth-order valence-electron chi connectivity index (χ4n) is 1.62. The van der Waals surface area contributed by atoms with Gasteiger partial charge in [-0.05, 0) is 11.8 Å². The zero-order valence-corrected chi connectivity index (χ0v) is 12.0. The van der Waals surface area contributed by atoms with E-state index in [0.29, 0.717) is 26.4 Å². The number of aliphatic carboxylic acids is 1. The van der Waals surface area contributed by atoms with Gasteiger partial charge in [0.25, 0.3) is 0 Å². The number of carbonyl (C=O) groups is 2. The lowest BCUT2D eigenvalue weighted by Crippen LogP contribution is -2.31. The summed E-state index contributed by atoms with van der Waals surface area (Å²) in [5.41, 5.74) is -0.523. The summed E-state index contributed by atoms with van der Waals surface area (Å²) in [6, 6.07) is 0. The number of methoxy groups -OCH3 is 1. The van der Waals surface area contributed by atoms with Crippen LogP contribution < -0.4 is 5.32 Å². The molecule has 0 bridgehead atoms. The number of carboxylic acid groups (broad SMARTS) is 1. The Labute approximate surface area is 114 Å². The first-order valence-electron chi connectivity index (χ1n) is 6.42. The Bertz CT molecular complexity index is 278. The lowest BCUT2D eigenvalue weighted by molar-refractivity contribution is -0.139. The Morgan fingerprint density at radius 2 is 1.84 bits per heavy atom. The van der Waals surface area contributed by atoms with Gasteiger partial charge in [0.15, 0.2) is 0 Å². The molecule has 0 aliphatic carbocycles. The first-order chi connectivity index (χ1) is 8.87. The van der Waals surface area contributed by atoms with Crippen LogP contribution in [0, 0.1) is 5.41 Å². The number of ether oxygens (including phenoxy) is 2. The summed E-state index contributed by atoms with van der Waals surface area (Å²) in [6.07, 6.45) is 0.930. The van der Waals surface area contributed by atoms with Crippen molar-refractivity contribution >= 4 is 11.9 Å². The molecule has 0 aromatic heterocycles. The van der Waals surface area contributed by atoms with Gasteiger partial charge >= 0.3 is 5.97 Å². The van der Waals surface area contributed by atoms with Crippen molar-refractivity contribution in [1.29, 1.82) is 0 Å². The van der Waals surface area contributed by atoms with Crippen LogP contribution in [-0.2, 0) is 19.1 Å². The number of rotatable bonds is 11. The summed E-state index contributed by atoms with van der Waals surface area (Å²) in [6.45, 7) is 5.77. The van der Waals surface area contributed by atoms with Gasteiger partial charge in [-0.15, -0.1) is 0 Å². The van der Waals surface area contributed by atoms with Crippen molar-refractivity contribution in [3.05, 3.63) is 0 Å². The summed E-state index contributed by atoms with van der Waals surface area (Å²) in [5, 5.41) is 11.5. The van der Waals surface area contributed by atoms with Crippen LogP contribution in [0.4, 0.5) is 0 Å². The molecule has 0 unspecified atom stereocenters. The number of hydrogen-bond acceptors (Lipinski definition) is 4. The third-order valence-corrected chi connectivity index (χ3v) is 2.49. The predicted molar refractivity (Wildman–Crippen MR) is 71.0 cm³/mol. The van der Waals surface area contributed by atoms with Gasteiger partial charge in [0.1, 0.15) is 0 Å². The quantitative estimate of drug-likeness (QED) is 0.550. The van der Waals surface area contributed by atoms with Crippen molar-refractivity contribution in [2.24, 2.45) is 5.41 Å². The highest BCUT2D eigenvalue weighted by Crippen LogP contribution is 2.24. The minimum absolute atomic E-state index is 0.0133. The number of carbonyl (C=O) groups excluding carboxylic acids is 1. The van der Waals surface area contributed by atoms with E-state index in [1.165, 1.54) is 0 Å². The summed E-state index contributed by atoms with van der Waals surface area (Å²) in [7, 11) is 1.61. The molecule has 0 spiro atoms. The maximum Gasteiger partial charge on any atom is 0.303 e. The number of nitrogens with one attached hydrogen (secondary N) is 1. The summed E-state index contributed by atoms with van der Waals surface area (Å²) >= 11 is 0. The zero-order chi connectivity index (χ0) is 14.7. The van der Waals surface area contributed by atoms with Gasteiger partial charge in [-0.2, -0.15) is 0 Å². The van der Waals surface area contributed by atoms with Gasteiger partial charge in [-0.25, -0.2) is 0 Å². The van der Waals surface area contributed by atoms with Gasteiger partial charge in [0.2, 0.25) is 5.91 Å². The van der Waals surface area contributed by atoms with Crippen LogP contribution in [0.3, 0.4) is 0 Å². The SMILES string of the molecule is COCCOCCCNC(=O)CC(C)(C)CC(=O)O. The second-order valence-corrected chi connectivity index (χ2v) is 5.22. The fourth-order valence-corrected chi connectivity index (χ4v) is 1.62. The molecule has 0 saturated heterocycles. The van der Waals surface area contributed by atoms with Crippen LogP contribution in [0.1, 0.15) is 33.1 Å². The molecule has 0 radical (unpaired) electrons. The molecule has 0 fully saturated rings. The molecule has 0 aromatic rings. The van der Waals surface area contributed by atoms with Crippen LogP contribution in [0.5, 0.6) is 0 Å². The maximum atomic E-state index is 11.6. The topological polar surface area (TPSA) is 84.9 Å². The van der Waals surface area contributed by atoms with Crippen molar-refractivity contribution in [1.82, 2.24) is 5.32 Å².